The summed E-state index contributed by atoms with van der Waals surface area (Å²) in [5.74, 6) is 4.80. The standard InChI is InChI=1S/C24H27N3O5/c1-17(28)22(24(30)26-31)25-23(29)21-9-7-18(8-10-21)5-6-19-3-2-4-20(15-19)16-27-11-13-32-14-12-27/h2-4,7-10,15,17,22,28,31H,11-14,16H2,1H3,(H,25,29)(H,26,30). The second-order valence-corrected chi connectivity index (χ2v) is 7.58. The van der Waals surface area contributed by atoms with Crippen molar-refractivity contribution < 1.29 is 24.6 Å². The lowest BCUT2D eigenvalue weighted by Crippen LogP contribution is -2.51. The molecule has 1 aliphatic rings. The number of nitrogens with one attached hydrogen (secondary N) is 2. The van der Waals surface area contributed by atoms with Crippen LogP contribution in [0.25, 0.3) is 0 Å². The van der Waals surface area contributed by atoms with E-state index in [4.69, 9.17) is 9.94 Å². The normalized spacial score (nSPS) is 15.7. The Morgan fingerprint density at radius 2 is 1.78 bits per heavy atom. The summed E-state index contributed by atoms with van der Waals surface area (Å²) in [6.45, 7) is 5.60. The number of aliphatic hydroxyl groups excluding tert-OH is 1. The quantitative estimate of drug-likeness (QED) is 0.304. The Labute approximate surface area is 187 Å². The molecule has 0 bridgehead atoms. The molecule has 8 nitrogen and oxygen atoms in total. The minimum atomic E-state index is -1.27. The molecule has 0 aliphatic carbocycles. The number of aliphatic hydroxyl groups is 1. The molecule has 0 radical (unpaired) electrons. The average molecular weight is 437 g/mol. The van der Waals surface area contributed by atoms with Gasteiger partial charge in [0.15, 0.2) is 0 Å². The van der Waals surface area contributed by atoms with Gasteiger partial charge < -0.3 is 15.2 Å². The number of amides is 2. The van der Waals surface area contributed by atoms with Crippen LogP contribution >= 0.6 is 0 Å². The zero-order valence-electron chi connectivity index (χ0n) is 17.9. The van der Waals surface area contributed by atoms with Gasteiger partial charge in [0.1, 0.15) is 6.04 Å². The Kier molecular flexibility index (Phi) is 8.36. The molecule has 0 saturated carbocycles. The molecule has 4 N–H and O–H groups in total. The number of nitrogens with zero attached hydrogens (tertiary/aromatic N) is 1. The van der Waals surface area contributed by atoms with Crippen molar-refractivity contribution >= 4 is 11.8 Å². The maximum absolute atomic E-state index is 12.3. The third-order valence-corrected chi connectivity index (χ3v) is 5.10. The van der Waals surface area contributed by atoms with Crippen molar-refractivity contribution in [2.75, 3.05) is 26.3 Å². The van der Waals surface area contributed by atoms with Crippen molar-refractivity contribution in [3.63, 3.8) is 0 Å². The van der Waals surface area contributed by atoms with E-state index >= 15 is 0 Å². The molecule has 0 spiro atoms. The molecule has 8 heteroatoms. The fourth-order valence-electron chi connectivity index (χ4n) is 3.31. The summed E-state index contributed by atoms with van der Waals surface area (Å²) >= 11 is 0. The van der Waals surface area contributed by atoms with Crippen molar-refractivity contribution in [1.29, 1.82) is 0 Å². The highest BCUT2D eigenvalue weighted by atomic mass is 16.5. The van der Waals surface area contributed by atoms with E-state index in [0.717, 1.165) is 44.0 Å². The lowest BCUT2D eigenvalue weighted by molar-refractivity contribution is -0.133. The maximum Gasteiger partial charge on any atom is 0.268 e. The molecule has 2 aromatic rings. The van der Waals surface area contributed by atoms with Gasteiger partial charge in [-0.15, -0.1) is 0 Å². The van der Waals surface area contributed by atoms with Crippen LogP contribution in [0.15, 0.2) is 48.5 Å². The first-order valence-electron chi connectivity index (χ1n) is 10.4. The molecular formula is C24H27N3O5. The van der Waals surface area contributed by atoms with Crippen LogP contribution in [0.4, 0.5) is 0 Å². The fraction of sp³-hybridized carbons (Fsp3) is 0.333. The topological polar surface area (TPSA) is 111 Å². The molecule has 3 rings (SSSR count). The van der Waals surface area contributed by atoms with E-state index in [-0.39, 0.29) is 0 Å². The average Bonchev–Trinajstić information content (AvgIpc) is 2.81. The van der Waals surface area contributed by atoms with E-state index in [1.807, 2.05) is 12.1 Å². The minimum absolute atomic E-state index is 0.305. The van der Waals surface area contributed by atoms with Crippen molar-refractivity contribution in [3.8, 4) is 11.8 Å². The van der Waals surface area contributed by atoms with Gasteiger partial charge in [0.2, 0.25) is 0 Å². The van der Waals surface area contributed by atoms with Crippen molar-refractivity contribution in [1.82, 2.24) is 15.7 Å². The van der Waals surface area contributed by atoms with E-state index in [9.17, 15) is 14.7 Å². The lowest BCUT2D eigenvalue weighted by atomic mass is 10.1. The number of carbonyl (C=O) groups is 2. The highest BCUT2D eigenvalue weighted by Gasteiger charge is 2.25. The van der Waals surface area contributed by atoms with Crippen molar-refractivity contribution in [3.05, 3.63) is 70.8 Å². The van der Waals surface area contributed by atoms with Crippen LogP contribution in [0.5, 0.6) is 0 Å². The first kappa shape index (κ1) is 23.4. The summed E-state index contributed by atoms with van der Waals surface area (Å²) in [4.78, 5) is 26.3. The Morgan fingerprint density at radius 3 is 2.44 bits per heavy atom. The third kappa shape index (κ3) is 6.64. The smallest absolute Gasteiger partial charge is 0.268 e. The van der Waals surface area contributed by atoms with E-state index < -0.39 is 24.0 Å². The van der Waals surface area contributed by atoms with E-state index in [2.05, 4.69) is 34.2 Å². The summed E-state index contributed by atoms with van der Waals surface area (Å²) in [6.07, 6.45) is -1.17. The zero-order chi connectivity index (χ0) is 22.9. The predicted octanol–water partition coefficient (Wildman–Crippen LogP) is 0.903. The second-order valence-electron chi connectivity index (χ2n) is 7.58. The highest BCUT2D eigenvalue weighted by molar-refractivity contribution is 5.97. The summed E-state index contributed by atoms with van der Waals surface area (Å²) in [6, 6.07) is 13.4. The number of carbonyl (C=O) groups excluding carboxylic acids is 2. The lowest BCUT2D eigenvalue weighted by Gasteiger charge is -2.26. The van der Waals surface area contributed by atoms with Gasteiger partial charge in [-0.05, 0) is 48.9 Å². The van der Waals surface area contributed by atoms with E-state index in [1.54, 1.807) is 24.3 Å². The van der Waals surface area contributed by atoms with E-state index in [0.29, 0.717) is 5.56 Å². The fourth-order valence-corrected chi connectivity index (χ4v) is 3.31. The van der Waals surface area contributed by atoms with Gasteiger partial charge in [-0.1, -0.05) is 24.0 Å². The van der Waals surface area contributed by atoms with Gasteiger partial charge in [0.05, 0.1) is 19.3 Å². The Morgan fingerprint density at radius 1 is 1.09 bits per heavy atom. The second kappa shape index (κ2) is 11.4. The Hall–Kier alpha value is -3.22. The van der Waals surface area contributed by atoms with Gasteiger partial charge in [-0.25, -0.2) is 5.48 Å². The van der Waals surface area contributed by atoms with Crippen LogP contribution in [0.2, 0.25) is 0 Å². The number of hydrogen-bond donors (Lipinski definition) is 4. The molecule has 1 saturated heterocycles. The SMILES string of the molecule is CC(O)C(NC(=O)c1ccc(C#Cc2cccc(CN3CCOCC3)c2)cc1)C(=O)NO. The third-order valence-electron chi connectivity index (χ3n) is 5.10. The van der Waals surface area contributed by atoms with Crippen molar-refractivity contribution in [2.45, 2.75) is 25.6 Å². The van der Waals surface area contributed by atoms with Gasteiger partial charge >= 0.3 is 0 Å². The van der Waals surface area contributed by atoms with Gasteiger partial charge in [-0.3, -0.25) is 19.7 Å². The summed E-state index contributed by atoms with van der Waals surface area (Å²) < 4.78 is 5.39. The van der Waals surface area contributed by atoms with Gasteiger partial charge in [0, 0.05) is 36.3 Å². The zero-order valence-corrected chi connectivity index (χ0v) is 17.9. The van der Waals surface area contributed by atoms with Crippen LogP contribution in [-0.2, 0) is 16.1 Å². The minimum Gasteiger partial charge on any atom is -0.391 e. The molecule has 2 unspecified atom stereocenters. The van der Waals surface area contributed by atoms with E-state index in [1.165, 1.54) is 18.0 Å². The van der Waals surface area contributed by atoms with Crippen LogP contribution in [0.3, 0.4) is 0 Å². The summed E-state index contributed by atoms with van der Waals surface area (Å²) in [5, 5.41) is 20.8. The van der Waals surface area contributed by atoms with Gasteiger partial charge in [-0.2, -0.15) is 0 Å². The molecule has 2 atom stereocenters. The maximum atomic E-state index is 12.3. The summed E-state index contributed by atoms with van der Waals surface area (Å²) in [7, 11) is 0. The van der Waals surface area contributed by atoms with Crippen LogP contribution in [-0.4, -0.2) is 65.5 Å². The number of hydrogen-bond acceptors (Lipinski definition) is 6. The first-order valence-corrected chi connectivity index (χ1v) is 10.4. The highest BCUT2D eigenvalue weighted by Crippen LogP contribution is 2.10. The van der Waals surface area contributed by atoms with Crippen LogP contribution in [0, 0.1) is 11.8 Å². The molecule has 1 heterocycles. The molecule has 168 valence electrons. The van der Waals surface area contributed by atoms with Gasteiger partial charge in [0.25, 0.3) is 11.8 Å². The summed E-state index contributed by atoms with van der Waals surface area (Å²) in [5.41, 5.74) is 4.58. The van der Waals surface area contributed by atoms with Crippen LogP contribution < -0.4 is 10.8 Å². The number of benzene rings is 2. The molecular weight excluding hydrogens is 410 g/mol. The van der Waals surface area contributed by atoms with Crippen molar-refractivity contribution in [2.24, 2.45) is 0 Å². The Bertz CT molecular complexity index is 989. The molecule has 1 aliphatic heterocycles. The molecule has 32 heavy (non-hydrogen) atoms. The largest absolute Gasteiger partial charge is 0.391 e. The number of hydroxylamine groups is 1. The molecule has 2 aromatic carbocycles. The number of rotatable bonds is 6. The number of ether oxygens (including phenoxy) is 1. The Balaban J connectivity index is 1.63. The molecule has 1 fully saturated rings. The number of morpholine rings is 1. The first-order chi connectivity index (χ1) is 15.5. The molecule has 0 aromatic heterocycles. The molecule has 2 amide bonds. The predicted molar refractivity (Wildman–Crippen MR) is 118 cm³/mol. The van der Waals surface area contributed by atoms with Crippen LogP contribution in [0.1, 0.15) is 34.0 Å². The monoisotopic (exact) mass is 437 g/mol.